The standard InChI is InChI=1S/C43H26N4/c1-44-36-20-12-19-34-41-40(46(42(34)36)29-15-6-3-7-16-29)26-24-33-31-17-8-11-22-38(31)47(43(33)41)30-23-25-39-35(27-30)32-18-9-10-21-37(32)45(39)28-13-4-2-5-14-28/h2-27H. The molecule has 0 amide bonds. The third-order valence-electron chi connectivity index (χ3n) is 9.63. The molecule has 0 aliphatic rings. The lowest BCUT2D eigenvalue weighted by Crippen LogP contribution is -1.96. The summed E-state index contributed by atoms with van der Waals surface area (Å²) in [5.41, 5.74) is 10.6. The van der Waals surface area contributed by atoms with Gasteiger partial charge in [-0.05, 0) is 66.0 Å². The number of para-hydroxylation sites is 5. The predicted molar refractivity (Wildman–Crippen MR) is 196 cm³/mol. The molecule has 47 heavy (non-hydrogen) atoms. The normalized spacial score (nSPS) is 11.8. The molecule has 0 spiro atoms. The minimum absolute atomic E-state index is 0.647. The van der Waals surface area contributed by atoms with E-state index in [2.05, 4.69) is 158 Å². The van der Waals surface area contributed by atoms with E-state index < -0.39 is 0 Å². The van der Waals surface area contributed by atoms with Crippen molar-refractivity contribution in [1.82, 2.24) is 13.7 Å². The van der Waals surface area contributed by atoms with E-state index in [1.165, 1.54) is 32.6 Å². The first-order valence-corrected chi connectivity index (χ1v) is 15.8. The largest absolute Gasteiger partial charge is 0.319 e. The van der Waals surface area contributed by atoms with Gasteiger partial charge in [0.05, 0.1) is 39.7 Å². The zero-order valence-corrected chi connectivity index (χ0v) is 25.3. The van der Waals surface area contributed by atoms with Crippen molar-refractivity contribution >= 4 is 71.1 Å². The van der Waals surface area contributed by atoms with E-state index in [-0.39, 0.29) is 0 Å². The Labute approximate surface area is 270 Å². The van der Waals surface area contributed by atoms with Gasteiger partial charge in [-0.25, -0.2) is 4.85 Å². The third-order valence-corrected chi connectivity index (χ3v) is 9.63. The van der Waals surface area contributed by atoms with Gasteiger partial charge in [0.1, 0.15) is 0 Å². The average molecular weight is 599 g/mol. The van der Waals surface area contributed by atoms with Crippen molar-refractivity contribution < 1.29 is 0 Å². The minimum atomic E-state index is 0.647. The van der Waals surface area contributed by atoms with Crippen LogP contribution in [0.25, 0.3) is 87.3 Å². The van der Waals surface area contributed by atoms with Crippen LogP contribution in [0.15, 0.2) is 158 Å². The van der Waals surface area contributed by atoms with Gasteiger partial charge in [0, 0.05) is 44.0 Å². The summed E-state index contributed by atoms with van der Waals surface area (Å²) in [6.45, 7) is 8.10. The molecule has 3 aromatic heterocycles. The number of hydrogen-bond donors (Lipinski definition) is 0. The molecule has 4 heteroatoms. The quantitative estimate of drug-likeness (QED) is 0.180. The summed E-state index contributed by atoms with van der Waals surface area (Å²) in [6.07, 6.45) is 0. The van der Waals surface area contributed by atoms with E-state index >= 15 is 0 Å². The van der Waals surface area contributed by atoms with Crippen LogP contribution in [0.5, 0.6) is 0 Å². The van der Waals surface area contributed by atoms with Crippen LogP contribution in [-0.4, -0.2) is 13.7 Å². The molecule has 0 saturated carbocycles. The van der Waals surface area contributed by atoms with E-state index in [1.807, 2.05) is 18.2 Å². The minimum Gasteiger partial charge on any atom is -0.319 e. The third kappa shape index (κ3) is 3.51. The van der Waals surface area contributed by atoms with Crippen LogP contribution in [-0.2, 0) is 0 Å². The van der Waals surface area contributed by atoms with Gasteiger partial charge in [-0.2, -0.15) is 0 Å². The Morgan fingerprint density at radius 1 is 0.362 bits per heavy atom. The molecule has 0 bridgehead atoms. The van der Waals surface area contributed by atoms with Gasteiger partial charge < -0.3 is 13.7 Å². The van der Waals surface area contributed by atoms with Crippen molar-refractivity contribution in [2.45, 2.75) is 0 Å². The Kier molecular flexibility index (Phi) is 5.32. The fourth-order valence-corrected chi connectivity index (χ4v) is 7.75. The SMILES string of the molecule is [C-]#[N+]c1cccc2c3c(ccc4c5ccccc5n(-c5ccc6c(c5)c5ccccc5n6-c5ccccc5)c43)n(-c3ccccc3)c12. The van der Waals surface area contributed by atoms with Gasteiger partial charge in [0.15, 0.2) is 0 Å². The molecular weight excluding hydrogens is 573 g/mol. The Bertz CT molecular complexity index is 2900. The molecule has 0 N–H and O–H groups in total. The van der Waals surface area contributed by atoms with Crippen molar-refractivity contribution in [3.8, 4) is 17.1 Å². The Morgan fingerprint density at radius 2 is 0.915 bits per heavy atom. The molecule has 0 unspecified atom stereocenters. The van der Waals surface area contributed by atoms with Crippen LogP contribution >= 0.6 is 0 Å². The summed E-state index contributed by atoms with van der Waals surface area (Å²) in [7, 11) is 0. The second-order valence-electron chi connectivity index (χ2n) is 12.1. The highest BCUT2D eigenvalue weighted by molar-refractivity contribution is 6.27. The number of aromatic nitrogens is 3. The number of benzene rings is 7. The lowest BCUT2D eigenvalue weighted by Gasteiger charge is -2.11. The van der Waals surface area contributed by atoms with Gasteiger partial charge in [-0.15, -0.1) is 0 Å². The lowest BCUT2D eigenvalue weighted by atomic mass is 10.1. The Balaban J connectivity index is 1.38. The molecule has 0 atom stereocenters. The first kappa shape index (κ1) is 25.7. The molecule has 10 rings (SSSR count). The summed E-state index contributed by atoms with van der Waals surface area (Å²) < 4.78 is 7.05. The fourth-order valence-electron chi connectivity index (χ4n) is 7.75. The van der Waals surface area contributed by atoms with Crippen LogP contribution in [0.1, 0.15) is 0 Å². The molecule has 10 aromatic rings. The maximum Gasteiger partial charge on any atom is 0.211 e. The number of rotatable bonds is 3. The highest BCUT2D eigenvalue weighted by Crippen LogP contribution is 2.44. The van der Waals surface area contributed by atoms with Crippen molar-refractivity contribution in [2.24, 2.45) is 0 Å². The van der Waals surface area contributed by atoms with Gasteiger partial charge in [0.25, 0.3) is 0 Å². The molecular formula is C43H26N4. The summed E-state index contributed by atoms with van der Waals surface area (Å²) in [6, 6.07) is 55.8. The van der Waals surface area contributed by atoms with Crippen LogP contribution in [0.4, 0.5) is 5.69 Å². The number of nitrogens with zero attached hydrogens (tertiary/aromatic N) is 4. The van der Waals surface area contributed by atoms with Crippen LogP contribution < -0.4 is 0 Å². The molecule has 3 heterocycles. The van der Waals surface area contributed by atoms with Gasteiger partial charge in [-0.3, -0.25) is 0 Å². The Hall–Kier alpha value is -6.57. The highest BCUT2D eigenvalue weighted by atomic mass is 15.0. The molecule has 7 aromatic carbocycles. The molecule has 0 aliphatic carbocycles. The molecule has 218 valence electrons. The topological polar surface area (TPSA) is 19.1 Å². The molecule has 0 radical (unpaired) electrons. The fraction of sp³-hybridized carbons (Fsp3) is 0. The first-order chi connectivity index (χ1) is 23.3. The summed E-state index contributed by atoms with van der Waals surface area (Å²) in [5.74, 6) is 0. The molecule has 0 saturated heterocycles. The second kappa shape index (κ2) is 9.71. The summed E-state index contributed by atoms with van der Waals surface area (Å²) in [4.78, 5) is 3.99. The van der Waals surface area contributed by atoms with E-state index in [9.17, 15) is 0 Å². The average Bonchev–Trinajstić information content (AvgIpc) is 3.78. The van der Waals surface area contributed by atoms with Gasteiger partial charge >= 0.3 is 0 Å². The highest BCUT2D eigenvalue weighted by Gasteiger charge is 2.22. The van der Waals surface area contributed by atoms with Gasteiger partial charge in [-0.1, -0.05) is 97.1 Å². The maximum atomic E-state index is 8.10. The summed E-state index contributed by atoms with van der Waals surface area (Å²) >= 11 is 0. The molecule has 4 nitrogen and oxygen atoms in total. The van der Waals surface area contributed by atoms with Gasteiger partial charge in [0.2, 0.25) is 5.69 Å². The van der Waals surface area contributed by atoms with Crippen LogP contribution in [0.2, 0.25) is 0 Å². The van der Waals surface area contributed by atoms with Crippen molar-refractivity contribution in [3.05, 3.63) is 169 Å². The Morgan fingerprint density at radius 3 is 1.64 bits per heavy atom. The predicted octanol–water partition coefficient (Wildman–Crippen LogP) is 11.5. The van der Waals surface area contributed by atoms with Crippen molar-refractivity contribution in [2.75, 3.05) is 0 Å². The van der Waals surface area contributed by atoms with Crippen molar-refractivity contribution in [3.63, 3.8) is 0 Å². The number of fused-ring (bicyclic) bond motifs is 10. The van der Waals surface area contributed by atoms with Crippen LogP contribution in [0.3, 0.4) is 0 Å². The lowest BCUT2D eigenvalue weighted by molar-refractivity contribution is 1.17. The maximum absolute atomic E-state index is 8.10. The monoisotopic (exact) mass is 598 g/mol. The smallest absolute Gasteiger partial charge is 0.211 e. The second-order valence-corrected chi connectivity index (χ2v) is 12.1. The van der Waals surface area contributed by atoms with E-state index in [4.69, 9.17) is 6.57 Å². The zero-order valence-electron chi connectivity index (χ0n) is 25.3. The number of hydrogen-bond acceptors (Lipinski definition) is 0. The first-order valence-electron chi connectivity index (χ1n) is 15.8. The summed E-state index contributed by atoms with van der Waals surface area (Å²) in [5, 5.41) is 7.06. The van der Waals surface area contributed by atoms with Crippen molar-refractivity contribution in [1.29, 1.82) is 0 Å². The van der Waals surface area contributed by atoms with E-state index in [0.29, 0.717) is 5.69 Å². The molecule has 0 aliphatic heterocycles. The van der Waals surface area contributed by atoms with E-state index in [1.54, 1.807) is 0 Å². The van der Waals surface area contributed by atoms with E-state index in [0.717, 1.165) is 49.9 Å². The zero-order chi connectivity index (χ0) is 31.1. The molecule has 0 fully saturated rings. The van der Waals surface area contributed by atoms with Crippen LogP contribution in [0, 0.1) is 6.57 Å².